The van der Waals surface area contributed by atoms with Crippen molar-refractivity contribution in [2.75, 3.05) is 55.2 Å². The molecule has 0 saturated heterocycles. The first kappa shape index (κ1) is 63.6. The minimum absolute atomic E-state index is 0. The first-order chi connectivity index (χ1) is 29.7. The van der Waals surface area contributed by atoms with Gasteiger partial charge in [0, 0.05) is 34.5 Å². The standard InChI is InChI=1S/C10H12N2O6S2.C7H13N3O9S3.C7H13N3O9S2.CH4/c13-11(14)17-6-10(18-12(15)16)8-20-19-7-9-4-2-1-3-5-9;1-2-6(18-9(13)14)4-20-22-21-5-7(19-10(15)16)3-17-8(11)12;1-6(2-17-8(11)12)4-20-21-5-7(19-10(15)16)3-18-9(13)14;/h1-5,10H,6-8H2;6-7H,2-5H2,1H3;6-7H,2-5H2,1H3;1H4. The molecule has 0 saturated carbocycles. The normalized spacial score (nSPS) is 12.3. The summed E-state index contributed by atoms with van der Waals surface area (Å²) in [5.74, 6) is 1.85. The third-order valence-electron chi connectivity index (χ3n) is 5.66. The highest BCUT2D eigenvalue weighted by Gasteiger charge is 2.19. The highest BCUT2D eigenvalue weighted by molar-refractivity contribution is 9.09. The van der Waals surface area contributed by atoms with E-state index in [0.29, 0.717) is 17.9 Å². The van der Waals surface area contributed by atoms with Crippen LogP contribution in [0.2, 0.25) is 0 Å². The van der Waals surface area contributed by atoms with Crippen molar-refractivity contribution < 1.29 is 79.4 Å². The van der Waals surface area contributed by atoms with Crippen LogP contribution in [0, 0.1) is 86.8 Å². The van der Waals surface area contributed by atoms with E-state index in [1.165, 1.54) is 63.8 Å². The molecule has 39 heteroatoms. The average Bonchev–Trinajstić information content (AvgIpc) is 3.19. The lowest BCUT2D eigenvalue weighted by Crippen LogP contribution is -2.26. The molecule has 368 valence electrons. The van der Waals surface area contributed by atoms with Gasteiger partial charge in [-0.05, 0) is 27.7 Å². The summed E-state index contributed by atoms with van der Waals surface area (Å²) in [6.07, 6.45) is -3.22. The summed E-state index contributed by atoms with van der Waals surface area (Å²) in [6, 6.07) is 9.69. The number of nitrogens with zero attached hydrogens (tertiary/aromatic N) is 8. The maximum absolute atomic E-state index is 10.3. The predicted octanol–water partition coefficient (Wildman–Crippen LogP) is 5.77. The average molecular weight is 1060 g/mol. The van der Waals surface area contributed by atoms with Crippen molar-refractivity contribution in [3.05, 3.63) is 117 Å². The molecule has 0 heterocycles. The van der Waals surface area contributed by atoms with Gasteiger partial charge in [0.05, 0.1) is 6.61 Å². The van der Waals surface area contributed by atoms with E-state index >= 15 is 0 Å². The molecular formula is C25H42N8O24S7. The molecule has 0 aliphatic carbocycles. The quantitative estimate of drug-likeness (QED) is 0.0330. The number of hydrogen-bond donors (Lipinski definition) is 0. The Morgan fingerprint density at radius 2 is 0.781 bits per heavy atom. The topological polar surface area (TPSA) is 419 Å². The lowest BCUT2D eigenvalue weighted by molar-refractivity contribution is -0.788. The highest BCUT2D eigenvalue weighted by Crippen LogP contribution is 2.36. The lowest BCUT2D eigenvalue weighted by atomic mass is 10.2. The van der Waals surface area contributed by atoms with Crippen LogP contribution in [-0.2, 0) is 44.5 Å². The number of rotatable bonds is 37. The van der Waals surface area contributed by atoms with Crippen LogP contribution in [0.15, 0.2) is 30.3 Å². The van der Waals surface area contributed by atoms with Gasteiger partial charge in [0.1, 0.15) is 44.2 Å². The van der Waals surface area contributed by atoms with E-state index in [2.05, 4.69) is 38.7 Å². The second-order valence-electron chi connectivity index (χ2n) is 10.6. The Hall–Kier alpha value is -4.73. The Balaban J connectivity index is -0.000000866. The molecular weight excluding hydrogens is 1020 g/mol. The molecule has 0 spiro atoms. The van der Waals surface area contributed by atoms with Gasteiger partial charge < -0.3 is 38.7 Å². The minimum atomic E-state index is -1.09. The molecule has 0 amide bonds. The van der Waals surface area contributed by atoms with Gasteiger partial charge in [0.25, 0.3) is 40.7 Å². The second kappa shape index (κ2) is 41.0. The lowest BCUT2D eigenvalue weighted by Gasteiger charge is -2.13. The summed E-state index contributed by atoms with van der Waals surface area (Å²) in [4.78, 5) is 114. The largest absolute Gasteiger partial charge is 0.314 e. The van der Waals surface area contributed by atoms with Gasteiger partial charge in [0.15, 0.2) is 0 Å². The molecule has 0 bridgehead atoms. The van der Waals surface area contributed by atoms with Crippen molar-refractivity contribution in [3.8, 4) is 0 Å². The molecule has 5 atom stereocenters. The molecule has 0 aromatic heterocycles. The van der Waals surface area contributed by atoms with E-state index in [1.54, 1.807) is 13.8 Å². The zero-order valence-corrected chi connectivity index (χ0v) is 38.0. The van der Waals surface area contributed by atoms with Crippen molar-refractivity contribution in [1.29, 1.82) is 0 Å². The third-order valence-corrected chi connectivity index (χ3v) is 15.1. The summed E-state index contributed by atoms with van der Waals surface area (Å²) in [7, 11) is 8.91. The maximum atomic E-state index is 10.3. The summed E-state index contributed by atoms with van der Waals surface area (Å²) in [6.45, 7) is 1.84. The van der Waals surface area contributed by atoms with E-state index in [9.17, 15) is 80.9 Å². The number of hydrogen-bond acceptors (Lipinski definition) is 31. The zero-order chi connectivity index (χ0) is 48.0. The summed E-state index contributed by atoms with van der Waals surface area (Å²) in [5.41, 5.74) is 1.12. The highest BCUT2D eigenvalue weighted by atomic mass is 33.5. The zero-order valence-electron chi connectivity index (χ0n) is 32.3. The molecule has 0 N–H and O–H groups in total. The van der Waals surface area contributed by atoms with Gasteiger partial charge in [-0.2, -0.15) is 0 Å². The van der Waals surface area contributed by atoms with Crippen molar-refractivity contribution in [1.82, 2.24) is 0 Å². The summed E-state index contributed by atoms with van der Waals surface area (Å²) in [5, 5.41) is 73.0. The van der Waals surface area contributed by atoms with Crippen molar-refractivity contribution in [3.63, 3.8) is 0 Å². The molecule has 0 fully saturated rings. The number of benzene rings is 1. The van der Waals surface area contributed by atoms with E-state index < -0.39 is 84.9 Å². The molecule has 0 aliphatic rings. The minimum Gasteiger partial charge on any atom is -0.314 e. The molecule has 0 aliphatic heterocycles. The summed E-state index contributed by atoms with van der Waals surface area (Å²) >= 11 is 0. The van der Waals surface area contributed by atoms with Crippen LogP contribution in [0.25, 0.3) is 0 Å². The molecule has 5 unspecified atom stereocenters. The molecule has 1 rings (SSSR count). The SMILES string of the molecule is C.CC(CO[N+](=O)[O-])CSSCC(CO[N+](=O)[O-])O[N+](=O)[O-].CCC(CSSSCC(CO[N+](=O)[O-])O[N+](=O)[O-])O[N+](=O)[O-].O=[N+]([O-])OCC(CSSCc1ccccc1)O[N+](=O)[O-]. The van der Waals surface area contributed by atoms with Gasteiger partial charge >= 0.3 is 0 Å². The second-order valence-corrected chi connectivity index (χ2v) is 20.0. The fourth-order valence-corrected chi connectivity index (χ4v) is 11.8. The molecule has 0 radical (unpaired) electrons. The third kappa shape index (κ3) is 45.3. The van der Waals surface area contributed by atoms with Crippen molar-refractivity contribution in [2.45, 2.75) is 57.9 Å². The molecule has 1 aromatic carbocycles. The van der Waals surface area contributed by atoms with Crippen LogP contribution in [0.1, 0.15) is 33.3 Å². The van der Waals surface area contributed by atoms with Gasteiger partial charge in [-0.15, -0.1) is 80.9 Å². The molecule has 32 nitrogen and oxygen atoms in total. The van der Waals surface area contributed by atoms with Crippen LogP contribution in [0.4, 0.5) is 0 Å². The van der Waals surface area contributed by atoms with Gasteiger partial charge in [-0.3, -0.25) is 0 Å². The van der Waals surface area contributed by atoms with Crippen molar-refractivity contribution >= 4 is 74.6 Å². The van der Waals surface area contributed by atoms with Crippen LogP contribution < -0.4 is 0 Å². The van der Waals surface area contributed by atoms with Crippen LogP contribution in [-0.4, -0.2) is 120 Å². The Morgan fingerprint density at radius 1 is 0.453 bits per heavy atom. The first-order valence-corrected chi connectivity index (χ1v) is 25.3. The smallest absolute Gasteiger partial charge is 0.294 e. The van der Waals surface area contributed by atoms with E-state index in [4.69, 9.17) is 0 Å². The van der Waals surface area contributed by atoms with E-state index in [1.807, 2.05) is 30.3 Å². The predicted molar refractivity (Wildman–Crippen MR) is 233 cm³/mol. The van der Waals surface area contributed by atoms with Gasteiger partial charge in [-0.25, -0.2) is 0 Å². The van der Waals surface area contributed by atoms with Crippen molar-refractivity contribution in [2.24, 2.45) is 5.92 Å². The first-order valence-electron chi connectivity index (χ1n) is 16.5. The summed E-state index contributed by atoms with van der Waals surface area (Å²) < 4.78 is 0. The monoisotopic (exact) mass is 1060 g/mol. The molecule has 64 heavy (non-hydrogen) atoms. The maximum Gasteiger partial charge on any atom is 0.294 e. The Bertz CT molecular complexity index is 1510. The fourth-order valence-electron chi connectivity index (χ4n) is 3.04. The van der Waals surface area contributed by atoms with Gasteiger partial charge in [0.2, 0.25) is 0 Å². The fraction of sp³-hybridized carbons (Fsp3) is 0.760. The van der Waals surface area contributed by atoms with E-state index in [0.717, 1.165) is 22.1 Å². The Kier molecular flexibility index (Phi) is 40.7. The van der Waals surface area contributed by atoms with Crippen LogP contribution >= 0.6 is 74.6 Å². The van der Waals surface area contributed by atoms with Crippen LogP contribution in [0.5, 0.6) is 0 Å². The Morgan fingerprint density at radius 3 is 1.16 bits per heavy atom. The van der Waals surface area contributed by atoms with Gasteiger partial charge in [-0.1, -0.05) is 116 Å². The van der Waals surface area contributed by atoms with Crippen LogP contribution in [0.3, 0.4) is 0 Å². The van der Waals surface area contributed by atoms with E-state index in [-0.39, 0.29) is 37.2 Å². The Labute approximate surface area is 388 Å². The molecule has 1 aromatic rings.